The molecule has 4 rings (SSSR count). The average molecular weight is 427 g/mol. The minimum atomic E-state index is -1.30. The second-order valence-corrected chi connectivity index (χ2v) is 7.04. The maximum absolute atomic E-state index is 14.7. The second-order valence-electron chi connectivity index (χ2n) is 6.63. The summed E-state index contributed by atoms with van der Waals surface area (Å²) in [7, 11) is 0. The number of hydrogen-bond acceptors (Lipinski definition) is 3. The second kappa shape index (κ2) is 7.35. The molecule has 0 saturated carbocycles. The van der Waals surface area contributed by atoms with Crippen molar-refractivity contribution in [1.29, 1.82) is 0 Å². The van der Waals surface area contributed by atoms with E-state index in [1.807, 2.05) is 0 Å². The van der Waals surface area contributed by atoms with Gasteiger partial charge in [-0.15, -0.1) is 0 Å². The zero-order valence-corrected chi connectivity index (χ0v) is 16.2. The Kier molecular flexibility index (Phi) is 4.83. The Hall–Kier alpha value is -3.58. The number of aryl methyl sites for hydroxylation is 1. The van der Waals surface area contributed by atoms with Crippen molar-refractivity contribution in [2.45, 2.75) is 6.92 Å². The van der Waals surface area contributed by atoms with E-state index in [2.05, 4.69) is 5.10 Å². The molecule has 0 amide bonds. The Morgan fingerprint density at radius 3 is 2.43 bits per heavy atom. The van der Waals surface area contributed by atoms with Gasteiger partial charge in [-0.05, 0) is 48.9 Å². The van der Waals surface area contributed by atoms with Crippen molar-refractivity contribution in [2.75, 3.05) is 0 Å². The lowest BCUT2D eigenvalue weighted by molar-refractivity contribution is 0.0696. The van der Waals surface area contributed by atoms with Crippen LogP contribution in [-0.2, 0) is 0 Å². The third kappa shape index (κ3) is 3.13. The monoisotopic (exact) mass is 426 g/mol. The van der Waals surface area contributed by atoms with Gasteiger partial charge >= 0.3 is 5.97 Å². The van der Waals surface area contributed by atoms with E-state index in [4.69, 9.17) is 16.7 Å². The highest BCUT2D eigenvalue weighted by atomic mass is 35.5. The van der Waals surface area contributed by atoms with Crippen LogP contribution in [0.2, 0.25) is 5.02 Å². The number of carbonyl (C=O) groups excluding carboxylic acids is 1. The van der Waals surface area contributed by atoms with E-state index >= 15 is 0 Å². The third-order valence-electron chi connectivity index (χ3n) is 4.76. The van der Waals surface area contributed by atoms with Gasteiger partial charge in [0.2, 0.25) is 0 Å². The topological polar surface area (TPSA) is 72.2 Å². The lowest BCUT2D eigenvalue weighted by atomic mass is 10.0. The number of carboxylic acid groups (broad SMARTS) is 1. The van der Waals surface area contributed by atoms with Gasteiger partial charge in [-0.3, -0.25) is 4.79 Å². The molecule has 4 aromatic rings. The maximum atomic E-state index is 14.7. The highest BCUT2D eigenvalue weighted by Gasteiger charge is 2.24. The Balaban J connectivity index is 1.98. The molecule has 3 aromatic carbocycles. The van der Waals surface area contributed by atoms with Crippen molar-refractivity contribution in [3.63, 3.8) is 0 Å². The zero-order valence-electron chi connectivity index (χ0n) is 15.5. The van der Waals surface area contributed by atoms with Gasteiger partial charge in [0.1, 0.15) is 17.3 Å². The van der Waals surface area contributed by atoms with E-state index in [1.165, 1.54) is 30.3 Å². The van der Waals surface area contributed by atoms with E-state index in [0.717, 1.165) is 10.7 Å². The van der Waals surface area contributed by atoms with Gasteiger partial charge in [0.25, 0.3) is 5.91 Å². The van der Waals surface area contributed by atoms with Crippen molar-refractivity contribution in [1.82, 2.24) is 9.78 Å². The summed E-state index contributed by atoms with van der Waals surface area (Å²) in [6.45, 7) is 1.70. The molecule has 1 heterocycles. The molecule has 0 bridgehead atoms. The molecular weight excluding hydrogens is 414 g/mol. The van der Waals surface area contributed by atoms with Crippen LogP contribution in [0.15, 0.2) is 54.6 Å². The maximum Gasteiger partial charge on any atom is 0.335 e. The molecule has 0 spiro atoms. The number of aromatic nitrogens is 2. The van der Waals surface area contributed by atoms with Crippen LogP contribution in [0.4, 0.5) is 8.78 Å². The lowest BCUT2D eigenvalue weighted by Gasteiger charge is -2.08. The lowest BCUT2D eigenvalue weighted by Crippen LogP contribution is -2.15. The molecular formula is C22H13ClF2N2O3. The summed E-state index contributed by atoms with van der Waals surface area (Å²) in [5.74, 6) is -3.49. The number of nitrogens with zero attached hydrogens (tertiary/aromatic N) is 2. The van der Waals surface area contributed by atoms with Gasteiger partial charge in [0.15, 0.2) is 0 Å². The van der Waals surface area contributed by atoms with Crippen LogP contribution in [0.1, 0.15) is 26.3 Å². The number of hydrogen-bond donors (Lipinski definition) is 1. The molecule has 0 aliphatic carbocycles. The summed E-state index contributed by atoms with van der Waals surface area (Å²) >= 11 is 6.20. The molecule has 0 fully saturated rings. The van der Waals surface area contributed by atoms with E-state index in [-0.39, 0.29) is 38.3 Å². The molecule has 5 nitrogen and oxygen atoms in total. The first kappa shape index (κ1) is 19.7. The Morgan fingerprint density at radius 1 is 1.03 bits per heavy atom. The average Bonchev–Trinajstić information content (AvgIpc) is 3.08. The Morgan fingerprint density at radius 2 is 1.77 bits per heavy atom. The predicted molar refractivity (Wildman–Crippen MR) is 108 cm³/mol. The van der Waals surface area contributed by atoms with Crippen LogP contribution < -0.4 is 0 Å². The van der Waals surface area contributed by atoms with Crippen LogP contribution in [-0.4, -0.2) is 26.8 Å². The van der Waals surface area contributed by atoms with Crippen LogP contribution in [0.3, 0.4) is 0 Å². The zero-order chi connectivity index (χ0) is 21.6. The molecule has 8 heteroatoms. The summed E-state index contributed by atoms with van der Waals surface area (Å²) in [6, 6.07) is 12.2. The molecule has 0 saturated heterocycles. The number of carbonyl (C=O) groups is 2. The minimum Gasteiger partial charge on any atom is -0.478 e. The van der Waals surface area contributed by atoms with Crippen molar-refractivity contribution >= 4 is 34.4 Å². The summed E-state index contributed by atoms with van der Waals surface area (Å²) < 4.78 is 30.4. The number of benzene rings is 3. The van der Waals surface area contributed by atoms with Crippen LogP contribution in [0.25, 0.3) is 22.2 Å². The minimum absolute atomic E-state index is 0.0578. The SMILES string of the molecule is Cc1cccc(Cl)c1C(=O)n1nc(-c2ccc(C(=O)O)cc2F)c2c(F)cccc21. The fraction of sp³-hybridized carbons (Fsp3) is 0.0455. The van der Waals surface area contributed by atoms with E-state index in [0.29, 0.717) is 5.56 Å². The fourth-order valence-electron chi connectivity index (χ4n) is 3.32. The molecule has 30 heavy (non-hydrogen) atoms. The van der Waals surface area contributed by atoms with Gasteiger partial charge in [-0.1, -0.05) is 29.8 Å². The molecule has 1 N–H and O–H groups in total. The van der Waals surface area contributed by atoms with Gasteiger partial charge in [0.05, 0.1) is 27.1 Å². The smallest absolute Gasteiger partial charge is 0.335 e. The van der Waals surface area contributed by atoms with Crippen molar-refractivity contribution < 1.29 is 23.5 Å². The number of aromatic carboxylic acids is 1. The first-order valence-corrected chi connectivity index (χ1v) is 9.17. The number of halogens is 3. The van der Waals surface area contributed by atoms with Crippen molar-refractivity contribution in [3.8, 4) is 11.3 Å². The summed E-state index contributed by atoms with van der Waals surface area (Å²) in [5.41, 5.74) is 0.430. The summed E-state index contributed by atoms with van der Waals surface area (Å²) in [4.78, 5) is 24.3. The number of fused-ring (bicyclic) bond motifs is 1. The number of rotatable bonds is 3. The van der Waals surface area contributed by atoms with E-state index in [1.54, 1.807) is 25.1 Å². The highest BCUT2D eigenvalue weighted by Crippen LogP contribution is 2.33. The molecule has 0 unspecified atom stereocenters. The van der Waals surface area contributed by atoms with Crippen molar-refractivity contribution in [2.24, 2.45) is 0 Å². The molecule has 150 valence electrons. The Labute approximate surface area is 174 Å². The van der Waals surface area contributed by atoms with E-state index in [9.17, 15) is 18.4 Å². The molecule has 0 radical (unpaired) electrons. The first-order chi connectivity index (χ1) is 14.3. The van der Waals surface area contributed by atoms with E-state index < -0.39 is 23.5 Å². The predicted octanol–water partition coefficient (Wildman–Crippen LogP) is 5.33. The molecule has 0 aliphatic heterocycles. The van der Waals surface area contributed by atoms with Gasteiger partial charge in [-0.2, -0.15) is 9.78 Å². The molecule has 1 aromatic heterocycles. The third-order valence-corrected chi connectivity index (χ3v) is 5.07. The fourth-order valence-corrected chi connectivity index (χ4v) is 3.62. The van der Waals surface area contributed by atoms with Crippen LogP contribution in [0, 0.1) is 18.6 Å². The van der Waals surface area contributed by atoms with Gasteiger partial charge in [-0.25, -0.2) is 13.6 Å². The van der Waals surface area contributed by atoms with Gasteiger partial charge < -0.3 is 5.11 Å². The van der Waals surface area contributed by atoms with Crippen LogP contribution >= 0.6 is 11.6 Å². The largest absolute Gasteiger partial charge is 0.478 e. The number of carboxylic acids is 1. The Bertz CT molecular complexity index is 1330. The summed E-state index contributed by atoms with van der Waals surface area (Å²) in [5, 5.41) is 13.4. The molecule has 0 aliphatic rings. The molecule has 0 atom stereocenters. The standard InChI is InChI=1S/C22H13ClF2N2O3/c1-11-4-2-5-14(23)18(11)21(28)27-17-7-3-6-15(24)19(17)20(26-27)13-9-8-12(22(29)30)10-16(13)25/h2-10H,1H3,(H,29,30). The highest BCUT2D eigenvalue weighted by molar-refractivity contribution is 6.34. The van der Waals surface area contributed by atoms with Crippen LogP contribution in [0.5, 0.6) is 0 Å². The normalized spacial score (nSPS) is 11.1. The quantitative estimate of drug-likeness (QED) is 0.480. The first-order valence-electron chi connectivity index (χ1n) is 8.80. The van der Waals surface area contributed by atoms with Gasteiger partial charge in [0, 0.05) is 5.56 Å². The summed E-state index contributed by atoms with van der Waals surface area (Å²) in [6.07, 6.45) is 0. The van der Waals surface area contributed by atoms with Crippen molar-refractivity contribution in [3.05, 3.63) is 87.9 Å².